The lowest BCUT2D eigenvalue weighted by atomic mass is 10.1. The van der Waals surface area contributed by atoms with E-state index in [1.807, 2.05) is 0 Å². The normalized spacial score (nSPS) is 14.1. The molecule has 3 aromatic rings. The molecule has 0 bridgehead atoms. The Morgan fingerprint density at radius 1 is 1.18 bits per heavy atom. The van der Waals surface area contributed by atoms with Gasteiger partial charge in [0.25, 0.3) is 5.91 Å². The van der Waals surface area contributed by atoms with Crippen molar-refractivity contribution >= 4 is 39.9 Å². The van der Waals surface area contributed by atoms with Crippen molar-refractivity contribution in [1.29, 1.82) is 0 Å². The Morgan fingerprint density at radius 3 is 2.58 bits per heavy atom. The lowest BCUT2D eigenvalue weighted by Crippen LogP contribution is -2.24. The van der Waals surface area contributed by atoms with Gasteiger partial charge >= 0.3 is 6.18 Å². The fourth-order valence-corrected chi connectivity index (χ4v) is 5.64. The molecule has 3 N–H and O–H groups in total. The van der Waals surface area contributed by atoms with E-state index in [1.165, 1.54) is 18.3 Å². The molecule has 0 aliphatic heterocycles. The number of aryl methyl sites for hydroxylation is 1. The van der Waals surface area contributed by atoms with Crippen molar-refractivity contribution in [3.8, 4) is 11.3 Å². The Labute approximate surface area is 195 Å². The van der Waals surface area contributed by atoms with E-state index in [0.29, 0.717) is 16.1 Å². The number of halogens is 3. The highest BCUT2D eigenvalue weighted by Gasteiger charge is 2.34. The summed E-state index contributed by atoms with van der Waals surface area (Å²) in [6, 6.07) is 9.32. The van der Waals surface area contributed by atoms with Crippen LogP contribution in [0.25, 0.3) is 11.3 Å². The molecule has 0 unspecified atom stereocenters. The van der Waals surface area contributed by atoms with Gasteiger partial charge < -0.3 is 11.1 Å². The highest BCUT2D eigenvalue weighted by Crippen LogP contribution is 2.39. The number of carbonyl (C=O) groups is 2. The lowest BCUT2D eigenvalue weighted by molar-refractivity contribution is -0.141. The van der Waals surface area contributed by atoms with Crippen LogP contribution in [0.15, 0.2) is 41.6 Å². The van der Waals surface area contributed by atoms with Gasteiger partial charge in [0.1, 0.15) is 10.7 Å². The van der Waals surface area contributed by atoms with Crippen LogP contribution in [0.2, 0.25) is 0 Å². The number of aromatic nitrogens is 2. The molecule has 33 heavy (non-hydrogen) atoms. The topological polar surface area (TPSA) is 98.0 Å². The van der Waals surface area contributed by atoms with Crippen molar-refractivity contribution in [3.63, 3.8) is 0 Å². The molecule has 0 saturated carbocycles. The van der Waals surface area contributed by atoms with Crippen LogP contribution in [0, 0.1) is 0 Å². The zero-order valence-corrected chi connectivity index (χ0v) is 19.0. The summed E-state index contributed by atoms with van der Waals surface area (Å²) >= 11 is 2.12. The second-order valence-electron chi connectivity index (χ2n) is 7.46. The Morgan fingerprint density at radius 2 is 1.91 bits per heavy atom. The second kappa shape index (κ2) is 9.14. The van der Waals surface area contributed by atoms with Crippen LogP contribution in [0.5, 0.6) is 0 Å². The average molecular weight is 493 g/mol. The number of thiophene rings is 1. The molecule has 6 nitrogen and oxygen atoms in total. The zero-order valence-electron chi connectivity index (χ0n) is 17.4. The summed E-state index contributed by atoms with van der Waals surface area (Å²) in [5.74, 6) is -1.09. The number of primary amides is 1. The first-order valence-electron chi connectivity index (χ1n) is 10.1. The third kappa shape index (κ3) is 5.03. The minimum Gasteiger partial charge on any atom is -0.365 e. The number of nitrogens with zero attached hydrogens (tertiary/aromatic N) is 2. The maximum absolute atomic E-state index is 13.4. The van der Waals surface area contributed by atoms with Crippen LogP contribution in [-0.4, -0.2) is 27.0 Å². The van der Waals surface area contributed by atoms with Gasteiger partial charge in [-0.3, -0.25) is 9.59 Å². The van der Waals surface area contributed by atoms with E-state index in [0.717, 1.165) is 47.5 Å². The lowest BCUT2D eigenvalue weighted by Gasteiger charge is -2.14. The van der Waals surface area contributed by atoms with Gasteiger partial charge in [0.15, 0.2) is 5.16 Å². The quantitative estimate of drug-likeness (QED) is 0.376. The van der Waals surface area contributed by atoms with Crippen LogP contribution >= 0.6 is 23.1 Å². The van der Waals surface area contributed by atoms with E-state index in [1.54, 1.807) is 30.3 Å². The molecular formula is C22H19F3N4O2S2. The summed E-state index contributed by atoms with van der Waals surface area (Å²) in [5, 5.41) is 2.09. The Hall–Kier alpha value is -2.92. The molecule has 0 fully saturated rings. The molecule has 0 radical (unpaired) electrons. The summed E-state index contributed by atoms with van der Waals surface area (Å²) in [5.41, 5.74) is 6.24. The molecule has 1 aromatic carbocycles. The van der Waals surface area contributed by atoms with Crippen molar-refractivity contribution in [2.75, 3.05) is 5.32 Å². The van der Waals surface area contributed by atoms with Gasteiger partial charge in [-0.25, -0.2) is 9.97 Å². The van der Waals surface area contributed by atoms with Crippen molar-refractivity contribution in [2.45, 2.75) is 42.8 Å². The predicted octanol–water partition coefficient (Wildman–Crippen LogP) is 4.93. The summed E-state index contributed by atoms with van der Waals surface area (Å²) in [6.45, 7) is 1.54. The number of nitrogens with two attached hydrogens (primary N) is 1. The summed E-state index contributed by atoms with van der Waals surface area (Å²) in [7, 11) is 0. The van der Waals surface area contributed by atoms with Gasteiger partial charge in [-0.15, -0.1) is 11.3 Å². The Balaban J connectivity index is 1.58. The first-order chi connectivity index (χ1) is 15.6. The van der Waals surface area contributed by atoms with Crippen molar-refractivity contribution < 1.29 is 22.8 Å². The SMILES string of the molecule is C[C@H](Sc1nc(-c2ccccc2)cc(C(F)(F)F)n1)C(=O)Nc1sc2c(c1C(N)=O)CCC2. The van der Waals surface area contributed by atoms with Crippen LogP contribution < -0.4 is 11.1 Å². The number of alkyl halides is 3. The fourth-order valence-electron chi connectivity index (χ4n) is 3.56. The van der Waals surface area contributed by atoms with Crippen molar-refractivity contribution in [2.24, 2.45) is 5.73 Å². The number of carbonyl (C=O) groups excluding carboxylic acids is 2. The van der Waals surface area contributed by atoms with E-state index >= 15 is 0 Å². The van der Waals surface area contributed by atoms with Crippen molar-refractivity contribution in [3.05, 3.63) is 58.1 Å². The Kier molecular flexibility index (Phi) is 6.44. The number of amides is 2. The second-order valence-corrected chi connectivity index (χ2v) is 9.87. The van der Waals surface area contributed by atoms with Crippen LogP contribution in [0.1, 0.15) is 39.8 Å². The number of nitrogens with one attached hydrogen (secondary N) is 1. The monoisotopic (exact) mass is 492 g/mol. The van der Waals surface area contributed by atoms with Gasteiger partial charge in [-0.2, -0.15) is 13.2 Å². The maximum atomic E-state index is 13.4. The molecular weight excluding hydrogens is 473 g/mol. The van der Waals surface area contributed by atoms with Crippen LogP contribution in [0.3, 0.4) is 0 Å². The maximum Gasteiger partial charge on any atom is 0.433 e. The van der Waals surface area contributed by atoms with Gasteiger partial charge in [0, 0.05) is 10.4 Å². The van der Waals surface area contributed by atoms with E-state index in [2.05, 4.69) is 15.3 Å². The highest BCUT2D eigenvalue weighted by atomic mass is 32.2. The average Bonchev–Trinajstić information content (AvgIpc) is 3.34. The largest absolute Gasteiger partial charge is 0.433 e. The summed E-state index contributed by atoms with van der Waals surface area (Å²) in [6.07, 6.45) is -2.19. The third-order valence-electron chi connectivity index (χ3n) is 5.12. The molecule has 2 amide bonds. The number of hydrogen-bond donors (Lipinski definition) is 2. The van der Waals surface area contributed by atoms with Gasteiger partial charge in [-0.1, -0.05) is 42.1 Å². The molecule has 2 aromatic heterocycles. The van der Waals surface area contributed by atoms with E-state index < -0.39 is 28.9 Å². The van der Waals surface area contributed by atoms with Gasteiger partial charge in [0.05, 0.1) is 16.5 Å². The molecule has 0 spiro atoms. The van der Waals surface area contributed by atoms with Gasteiger partial charge in [0.2, 0.25) is 5.91 Å². The van der Waals surface area contributed by atoms with Crippen molar-refractivity contribution in [1.82, 2.24) is 9.97 Å². The van der Waals surface area contributed by atoms with E-state index in [-0.39, 0.29) is 10.9 Å². The zero-order chi connectivity index (χ0) is 23.8. The smallest absolute Gasteiger partial charge is 0.365 e. The number of rotatable bonds is 6. The minimum absolute atomic E-state index is 0.110. The first-order valence-corrected chi connectivity index (χ1v) is 11.8. The van der Waals surface area contributed by atoms with Crippen LogP contribution in [-0.2, 0) is 23.8 Å². The number of benzene rings is 1. The van der Waals surface area contributed by atoms with E-state index in [4.69, 9.17) is 5.73 Å². The predicted molar refractivity (Wildman–Crippen MR) is 121 cm³/mol. The van der Waals surface area contributed by atoms with Crippen LogP contribution in [0.4, 0.5) is 18.2 Å². The Bertz CT molecular complexity index is 1210. The van der Waals surface area contributed by atoms with Gasteiger partial charge in [-0.05, 0) is 37.8 Å². The molecule has 1 aliphatic carbocycles. The molecule has 172 valence electrons. The minimum atomic E-state index is -4.67. The molecule has 11 heteroatoms. The molecule has 2 heterocycles. The number of anilines is 1. The molecule has 1 atom stereocenters. The summed E-state index contributed by atoms with van der Waals surface area (Å²) < 4.78 is 40.3. The highest BCUT2D eigenvalue weighted by molar-refractivity contribution is 8.00. The number of hydrogen-bond acceptors (Lipinski definition) is 6. The number of fused-ring (bicyclic) bond motifs is 1. The molecule has 0 saturated heterocycles. The first kappa shape index (κ1) is 23.2. The third-order valence-corrected chi connectivity index (χ3v) is 7.29. The standard InChI is InChI=1S/C22H19F3N4O2S2/c1-11(19(31)29-20-17(18(26)30)13-8-5-9-15(13)33-20)32-21-27-14(12-6-3-2-4-7-12)10-16(28-21)22(23,24)25/h2-4,6-7,10-11H,5,8-9H2,1H3,(H2,26,30)(H,29,31)/t11-/m0/s1. The molecule has 4 rings (SSSR count). The fraction of sp³-hybridized carbons (Fsp3) is 0.273. The molecule has 1 aliphatic rings. The number of thioether (sulfide) groups is 1. The van der Waals surface area contributed by atoms with E-state index in [9.17, 15) is 22.8 Å². The summed E-state index contributed by atoms with van der Waals surface area (Å²) in [4.78, 5) is 33.6.